The Bertz CT molecular complexity index is 814. The lowest BCUT2D eigenvalue weighted by Crippen LogP contribution is -2.45. The van der Waals surface area contributed by atoms with Crippen molar-refractivity contribution in [1.29, 1.82) is 5.26 Å². The van der Waals surface area contributed by atoms with Gasteiger partial charge in [-0.1, -0.05) is 18.2 Å². The summed E-state index contributed by atoms with van der Waals surface area (Å²) in [6.45, 7) is 0. The largest absolute Gasteiger partial charge is 0.368 e. The van der Waals surface area contributed by atoms with Crippen LogP contribution in [0.5, 0.6) is 0 Å². The summed E-state index contributed by atoms with van der Waals surface area (Å²) >= 11 is 0. The molecule has 0 aliphatic carbocycles. The molecule has 128 valence electrons. The fraction of sp³-hybridized carbons (Fsp3) is 0.167. The van der Waals surface area contributed by atoms with Crippen LogP contribution < -0.4 is 11.1 Å². The predicted molar refractivity (Wildman–Crippen MR) is 93.9 cm³/mol. The molecule has 0 aromatic heterocycles. The first-order valence-electron chi connectivity index (χ1n) is 7.55. The second kappa shape index (κ2) is 8.76. The van der Waals surface area contributed by atoms with Gasteiger partial charge in [0, 0.05) is 16.2 Å². The van der Waals surface area contributed by atoms with Gasteiger partial charge >= 0.3 is 0 Å². The van der Waals surface area contributed by atoms with Gasteiger partial charge < -0.3 is 11.1 Å². The molecule has 7 heteroatoms. The van der Waals surface area contributed by atoms with Crippen LogP contribution in [-0.4, -0.2) is 27.8 Å². The molecule has 0 spiro atoms. The normalized spacial score (nSPS) is 12.6. The monoisotopic (exact) mass is 355 g/mol. The minimum atomic E-state index is -1.28. The van der Waals surface area contributed by atoms with Crippen molar-refractivity contribution < 1.29 is 13.8 Å². The zero-order chi connectivity index (χ0) is 18.2. The standard InChI is InChI=1S/C18H17N3O3S/c19-12-13-6-8-14(9-7-13)18(23)21-16(17(20)22)10-11-25(24)15-4-2-1-3-5-15/h1-9,16H,10-11H2,(H2,20,22)(H,21,23)/t16-,25+/m1/s1. The van der Waals surface area contributed by atoms with Crippen molar-refractivity contribution in [2.24, 2.45) is 5.73 Å². The van der Waals surface area contributed by atoms with E-state index < -0.39 is 28.7 Å². The number of amides is 2. The first kappa shape index (κ1) is 18.4. The smallest absolute Gasteiger partial charge is 0.251 e. The van der Waals surface area contributed by atoms with Crippen LogP contribution in [0, 0.1) is 11.3 Å². The molecular formula is C18H17N3O3S. The van der Waals surface area contributed by atoms with Crippen LogP contribution in [0.1, 0.15) is 22.3 Å². The Kier molecular flexibility index (Phi) is 6.43. The zero-order valence-electron chi connectivity index (χ0n) is 13.3. The summed E-state index contributed by atoms with van der Waals surface area (Å²) in [5.41, 5.74) is 6.08. The highest BCUT2D eigenvalue weighted by atomic mass is 32.2. The van der Waals surface area contributed by atoms with Crippen molar-refractivity contribution in [2.45, 2.75) is 17.4 Å². The summed E-state index contributed by atoms with van der Waals surface area (Å²) < 4.78 is 12.2. The molecule has 25 heavy (non-hydrogen) atoms. The van der Waals surface area contributed by atoms with E-state index in [-0.39, 0.29) is 12.2 Å². The third-order valence-corrected chi connectivity index (χ3v) is 4.93. The van der Waals surface area contributed by atoms with Gasteiger partial charge in [0.1, 0.15) is 6.04 Å². The summed E-state index contributed by atoms with van der Waals surface area (Å²) in [4.78, 5) is 24.4. The number of nitrogens with one attached hydrogen (secondary N) is 1. The third-order valence-electron chi connectivity index (χ3n) is 3.52. The second-order valence-electron chi connectivity index (χ2n) is 5.27. The fourth-order valence-corrected chi connectivity index (χ4v) is 3.28. The molecule has 2 amide bonds. The molecule has 0 aliphatic rings. The first-order valence-corrected chi connectivity index (χ1v) is 8.87. The number of nitrogens with two attached hydrogens (primary N) is 1. The van der Waals surface area contributed by atoms with Gasteiger partial charge in [0.15, 0.2) is 0 Å². The molecule has 0 saturated carbocycles. The van der Waals surface area contributed by atoms with Gasteiger partial charge in [-0.15, -0.1) is 0 Å². The summed E-state index contributed by atoms with van der Waals surface area (Å²) in [5.74, 6) is -0.962. The summed E-state index contributed by atoms with van der Waals surface area (Å²) in [5, 5.41) is 11.3. The van der Waals surface area contributed by atoms with E-state index in [4.69, 9.17) is 11.0 Å². The Hall–Kier alpha value is -2.98. The fourth-order valence-electron chi connectivity index (χ4n) is 2.14. The van der Waals surface area contributed by atoms with Gasteiger partial charge in [0.2, 0.25) is 5.91 Å². The van der Waals surface area contributed by atoms with Gasteiger partial charge in [-0.2, -0.15) is 5.26 Å². The molecule has 0 saturated heterocycles. The van der Waals surface area contributed by atoms with Crippen molar-refractivity contribution >= 4 is 22.6 Å². The van der Waals surface area contributed by atoms with Gasteiger partial charge in [-0.25, -0.2) is 0 Å². The number of nitrogens with zero attached hydrogens (tertiary/aromatic N) is 1. The number of benzene rings is 2. The Morgan fingerprint density at radius 1 is 1.12 bits per heavy atom. The molecule has 0 aliphatic heterocycles. The SMILES string of the molecule is N#Cc1ccc(C(=O)N[C@H](CC[S@](=O)c2ccccc2)C(N)=O)cc1. The third kappa shape index (κ3) is 5.26. The van der Waals surface area contributed by atoms with Crippen molar-refractivity contribution in [3.8, 4) is 6.07 Å². The predicted octanol–water partition coefficient (Wildman–Crippen LogP) is 1.34. The lowest BCUT2D eigenvalue weighted by Gasteiger charge is -2.15. The molecular weight excluding hydrogens is 338 g/mol. The topological polar surface area (TPSA) is 113 Å². The molecule has 2 aromatic rings. The molecule has 2 atom stereocenters. The number of rotatable bonds is 7. The Morgan fingerprint density at radius 3 is 2.32 bits per heavy atom. The van der Waals surface area contributed by atoms with Crippen molar-refractivity contribution in [3.05, 3.63) is 65.7 Å². The van der Waals surface area contributed by atoms with Crippen LogP contribution in [0.2, 0.25) is 0 Å². The van der Waals surface area contributed by atoms with Crippen LogP contribution in [0.3, 0.4) is 0 Å². The van der Waals surface area contributed by atoms with Crippen LogP contribution in [-0.2, 0) is 15.6 Å². The first-order chi connectivity index (χ1) is 12.0. The highest BCUT2D eigenvalue weighted by Gasteiger charge is 2.20. The molecule has 3 N–H and O–H groups in total. The molecule has 0 heterocycles. The van der Waals surface area contributed by atoms with Gasteiger partial charge in [0.05, 0.1) is 22.4 Å². The Balaban J connectivity index is 1.98. The van der Waals surface area contributed by atoms with Gasteiger partial charge in [0.25, 0.3) is 5.91 Å². The maximum absolute atomic E-state index is 12.2. The van der Waals surface area contributed by atoms with Crippen molar-refractivity contribution in [2.75, 3.05) is 5.75 Å². The molecule has 0 unspecified atom stereocenters. The van der Waals surface area contributed by atoms with Crippen LogP contribution in [0.15, 0.2) is 59.5 Å². The number of nitriles is 1. The summed E-state index contributed by atoms with van der Waals surface area (Å²) in [7, 11) is -1.28. The van der Waals surface area contributed by atoms with Crippen molar-refractivity contribution in [1.82, 2.24) is 5.32 Å². The van der Waals surface area contributed by atoms with E-state index in [1.54, 1.807) is 24.3 Å². The molecule has 2 aromatic carbocycles. The van der Waals surface area contributed by atoms with Crippen LogP contribution in [0.25, 0.3) is 0 Å². The maximum atomic E-state index is 12.2. The highest BCUT2D eigenvalue weighted by Crippen LogP contribution is 2.09. The lowest BCUT2D eigenvalue weighted by atomic mass is 10.1. The quantitative estimate of drug-likeness (QED) is 0.780. The number of carbonyl (C=O) groups is 2. The van der Waals surface area contributed by atoms with Crippen LogP contribution >= 0.6 is 0 Å². The number of carbonyl (C=O) groups excluding carboxylic acids is 2. The average Bonchev–Trinajstić information content (AvgIpc) is 2.65. The molecule has 2 rings (SSSR count). The summed E-state index contributed by atoms with van der Waals surface area (Å²) in [6, 6.07) is 15.9. The van der Waals surface area contributed by atoms with Gasteiger partial charge in [-0.3, -0.25) is 13.8 Å². The van der Waals surface area contributed by atoms with Crippen LogP contribution in [0.4, 0.5) is 0 Å². The number of hydrogen-bond acceptors (Lipinski definition) is 4. The number of hydrogen-bond donors (Lipinski definition) is 2. The minimum Gasteiger partial charge on any atom is -0.368 e. The van der Waals surface area contributed by atoms with Crippen molar-refractivity contribution in [3.63, 3.8) is 0 Å². The second-order valence-corrected chi connectivity index (χ2v) is 6.84. The van der Waals surface area contributed by atoms with E-state index in [9.17, 15) is 13.8 Å². The van der Waals surface area contributed by atoms with E-state index in [0.29, 0.717) is 16.0 Å². The van der Waals surface area contributed by atoms with E-state index in [2.05, 4.69) is 5.32 Å². The Morgan fingerprint density at radius 2 is 1.76 bits per heavy atom. The highest BCUT2D eigenvalue weighted by molar-refractivity contribution is 7.85. The molecule has 0 fully saturated rings. The molecule has 0 radical (unpaired) electrons. The Labute approximate surface area is 148 Å². The molecule has 6 nitrogen and oxygen atoms in total. The lowest BCUT2D eigenvalue weighted by molar-refractivity contribution is -0.119. The van der Waals surface area contributed by atoms with E-state index in [1.165, 1.54) is 24.3 Å². The average molecular weight is 355 g/mol. The molecule has 0 bridgehead atoms. The maximum Gasteiger partial charge on any atom is 0.251 e. The van der Waals surface area contributed by atoms with E-state index >= 15 is 0 Å². The van der Waals surface area contributed by atoms with E-state index in [1.807, 2.05) is 12.1 Å². The zero-order valence-corrected chi connectivity index (χ0v) is 14.2. The van der Waals surface area contributed by atoms with E-state index in [0.717, 1.165) is 0 Å². The minimum absolute atomic E-state index is 0.166. The summed E-state index contributed by atoms with van der Waals surface area (Å²) in [6.07, 6.45) is 0.166. The number of primary amides is 1. The van der Waals surface area contributed by atoms with Gasteiger partial charge in [-0.05, 0) is 42.8 Å².